The number of anilines is 2. The number of urea groups is 2. The molecule has 22 nitrogen and oxygen atoms in total. The Kier molecular flexibility index (Phi) is 19.1. The third kappa shape index (κ3) is 14.4. The Labute approximate surface area is 382 Å². The molecule has 2 atom stereocenters. The topological polar surface area (TPSA) is 306 Å². The third-order valence-corrected chi connectivity index (χ3v) is 10.9. The molecule has 1 aliphatic heterocycles. The smallest absolute Gasteiger partial charge is 0.410 e. The number of pyridine rings is 1. The fraction of sp³-hybridized carbons (Fsp3) is 0.500. The summed E-state index contributed by atoms with van der Waals surface area (Å²) in [6.07, 6.45) is 2.77. The fourth-order valence-electron chi connectivity index (χ4n) is 7.39. The van der Waals surface area contributed by atoms with Crippen LogP contribution in [0.25, 0.3) is 21.9 Å². The van der Waals surface area contributed by atoms with Crippen LogP contribution in [0, 0.1) is 5.92 Å². The van der Waals surface area contributed by atoms with Crippen molar-refractivity contribution in [2.75, 3.05) is 70.1 Å². The predicted molar refractivity (Wildman–Crippen MR) is 246 cm³/mol. The number of nitrogen functional groups attached to an aromatic ring is 1. The van der Waals surface area contributed by atoms with Crippen molar-refractivity contribution in [2.45, 2.75) is 78.1 Å². The number of ether oxygens (including phenoxy) is 2. The van der Waals surface area contributed by atoms with E-state index in [1.165, 1.54) is 4.90 Å². The van der Waals surface area contributed by atoms with Crippen LogP contribution in [0.1, 0.15) is 57.8 Å². The largest absolute Gasteiger partial charge is 0.445 e. The van der Waals surface area contributed by atoms with E-state index in [4.69, 9.17) is 31.8 Å². The number of carbonyl (C=O) groups excluding carboxylic acids is 6. The molecule has 0 radical (unpaired) electrons. The number of unbranched alkanes of at least 4 members (excludes halogenated alkanes) is 1. The molecule has 0 spiro atoms. The number of para-hydroxylation sites is 1. The Morgan fingerprint density at radius 2 is 1.58 bits per heavy atom. The van der Waals surface area contributed by atoms with E-state index in [0.717, 1.165) is 41.5 Å². The maximum Gasteiger partial charge on any atom is 0.410 e. The average molecular weight is 918 g/mol. The van der Waals surface area contributed by atoms with Crippen molar-refractivity contribution in [1.82, 2.24) is 45.6 Å². The summed E-state index contributed by atoms with van der Waals surface area (Å²) in [7, 11) is 0. The lowest BCUT2D eigenvalue weighted by Gasteiger charge is -2.34. The molecule has 8 amide bonds. The molecule has 358 valence electrons. The molecule has 66 heavy (non-hydrogen) atoms. The number of nitrogens with two attached hydrogens (primary N) is 3. The molecule has 2 aromatic carbocycles. The Balaban J connectivity index is 1.02. The minimum Gasteiger partial charge on any atom is -0.445 e. The van der Waals surface area contributed by atoms with E-state index in [0.29, 0.717) is 81.5 Å². The SMILES string of the molecule is CCCCc1nc2c(N)nc3ccccc3c2n1CCOCCNC(=O)N1CCN(C(=O)OCc2ccc(NC(=O)[C@@H](CCCNC(N)=O)NC(=O)[C@H](NC(=O)CON)C(C)C)cc2)CC1. The van der Waals surface area contributed by atoms with Crippen molar-refractivity contribution in [3.63, 3.8) is 0 Å². The molecular weight excluding hydrogens is 855 g/mol. The van der Waals surface area contributed by atoms with Crippen LogP contribution < -0.4 is 43.9 Å². The zero-order valence-electron chi connectivity index (χ0n) is 37.8. The van der Waals surface area contributed by atoms with Crippen LogP contribution in [-0.4, -0.2) is 131 Å². The number of nitrogens with one attached hydrogen (secondary N) is 5. The molecule has 5 rings (SSSR count). The Bertz CT molecular complexity index is 2280. The summed E-state index contributed by atoms with van der Waals surface area (Å²) in [4.78, 5) is 92.6. The number of nitrogens with zero attached hydrogens (tertiary/aromatic N) is 5. The first-order chi connectivity index (χ1) is 31.8. The molecule has 0 aliphatic carbocycles. The minimum atomic E-state index is -1.03. The van der Waals surface area contributed by atoms with E-state index in [-0.39, 0.29) is 31.5 Å². The highest BCUT2D eigenvalue weighted by molar-refractivity contribution is 6.06. The van der Waals surface area contributed by atoms with E-state index < -0.39 is 48.5 Å². The number of imidazole rings is 1. The molecule has 1 aliphatic rings. The molecule has 22 heteroatoms. The van der Waals surface area contributed by atoms with Crippen LogP contribution >= 0.6 is 0 Å². The molecule has 0 saturated carbocycles. The number of aryl methyl sites for hydroxylation is 1. The van der Waals surface area contributed by atoms with Gasteiger partial charge in [0.1, 0.15) is 36.6 Å². The number of hydrogen-bond donors (Lipinski definition) is 8. The summed E-state index contributed by atoms with van der Waals surface area (Å²) in [5.41, 5.74) is 15.0. The van der Waals surface area contributed by atoms with Crippen LogP contribution in [0.3, 0.4) is 0 Å². The average Bonchev–Trinajstić information content (AvgIpc) is 3.67. The van der Waals surface area contributed by atoms with Gasteiger partial charge in [0.05, 0.1) is 24.2 Å². The van der Waals surface area contributed by atoms with Crippen molar-refractivity contribution < 1.29 is 43.1 Å². The molecule has 2 aromatic heterocycles. The van der Waals surface area contributed by atoms with Gasteiger partial charge in [-0.05, 0) is 48.9 Å². The number of fused-ring (bicyclic) bond motifs is 3. The highest BCUT2D eigenvalue weighted by Gasteiger charge is 2.29. The highest BCUT2D eigenvalue weighted by Crippen LogP contribution is 2.29. The number of rotatable bonds is 23. The highest BCUT2D eigenvalue weighted by atomic mass is 16.6. The van der Waals surface area contributed by atoms with Gasteiger partial charge < -0.3 is 61.9 Å². The summed E-state index contributed by atoms with van der Waals surface area (Å²) >= 11 is 0. The zero-order chi connectivity index (χ0) is 47.6. The second-order valence-electron chi connectivity index (χ2n) is 16.1. The van der Waals surface area contributed by atoms with E-state index in [1.54, 1.807) is 43.0 Å². The van der Waals surface area contributed by atoms with Crippen LogP contribution in [0.5, 0.6) is 0 Å². The molecule has 0 bridgehead atoms. The number of carbonyl (C=O) groups is 6. The predicted octanol–water partition coefficient (Wildman–Crippen LogP) is 2.09. The Morgan fingerprint density at radius 3 is 2.27 bits per heavy atom. The van der Waals surface area contributed by atoms with Gasteiger partial charge in [-0.15, -0.1) is 0 Å². The lowest BCUT2D eigenvalue weighted by atomic mass is 10.0. The maximum absolute atomic E-state index is 13.4. The van der Waals surface area contributed by atoms with Crippen molar-refractivity contribution in [2.24, 2.45) is 17.5 Å². The summed E-state index contributed by atoms with van der Waals surface area (Å²) in [6.45, 7) is 8.15. The Morgan fingerprint density at radius 1 is 0.848 bits per heavy atom. The van der Waals surface area contributed by atoms with Crippen LogP contribution in [-0.2, 0) is 48.3 Å². The quantitative estimate of drug-likeness (QED) is 0.0391. The standard InChI is InChI=1S/C44H63N13O9/c1-4-5-12-34-53-37-38(31-9-6-7-10-32(31)51-39(37)45)57(34)23-25-64-24-18-49-43(62)55-19-21-56(22-20-55)44(63)65-26-29-13-15-30(16-14-29)50-40(59)33(11-8-17-48-42(46)61)52-41(60)36(28(2)3)54-35(58)27-66-47/h6-7,9-10,13-16,28,33,36H,4-5,8,11-12,17-27,47H2,1-3H3,(H2,45,51)(H,49,62)(H,50,59)(H,52,60)(H,54,58)(H3,46,48,61)/t33-,36-/m1/s1. The lowest BCUT2D eigenvalue weighted by Crippen LogP contribution is -2.55. The molecule has 4 aromatic rings. The van der Waals surface area contributed by atoms with Gasteiger partial charge in [-0.1, -0.05) is 57.5 Å². The van der Waals surface area contributed by atoms with Gasteiger partial charge in [0.2, 0.25) is 17.7 Å². The van der Waals surface area contributed by atoms with Gasteiger partial charge in [-0.3, -0.25) is 19.2 Å². The lowest BCUT2D eigenvalue weighted by molar-refractivity contribution is -0.133. The molecule has 1 fully saturated rings. The molecular formula is C44H63N13O9. The third-order valence-electron chi connectivity index (χ3n) is 10.9. The van der Waals surface area contributed by atoms with Crippen LogP contribution in [0.15, 0.2) is 48.5 Å². The molecule has 0 unspecified atom stereocenters. The second-order valence-corrected chi connectivity index (χ2v) is 16.1. The van der Waals surface area contributed by atoms with Crippen LogP contribution in [0.4, 0.5) is 25.9 Å². The number of benzene rings is 2. The van der Waals surface area contributed by atoms with Gasteiger partial charge in [0.15, 0.2) is 5.82 Å². The first kappa shape index (κ1) is 50.2. The van der Waals surface area contributed by atoms with Gasteiger partial charge in [-0.2, -0.15) is 0 Å². The normalized spacial score (nSPS) is 13.6. The van der Waals surface area contributed by atoms with Crippen molar-refractivity contribution >= 4 is 69.3 Å². The number of hydrogen-bond acceptors (Lipinski definition) is 13. The first-order valence-corrected chi connectivity index (χ1v) is 22.2. The molecule has 11 N–H and O–H groups in total. The van der Waals surface area contributed by atoms with Crippen LogP contribution in [0.2, 0.25) is 0 Å². The van der Waals surface area contributed by atoms with E-state index >= 15 is 0 Å². The van der Waals surface area contributed by atoms with Gasteiger partial charge in [0, 0.05) is 63.3 Å². The van der Waals surface area contributed by atoms with Gasteiger partial charge in [-0.25, -0.2) is 30.2 Å². The zero-order valence-corrected chi connectivity index (χ0v) is 37.8. The van der Waals surface area contributed by atoms with E-state index in [9.17, 15) is 28.8 Å². The number of amides is 8. The summed E-state index contributed by atoms with van der Waals surface area (Å²) < 4.78 is 13.7. The first-order valence-electron chi connectivity index (χ1n) is 22.2. The van der Waals surface area contributed by atoms with Crippen molar-refractivity contribution in [3.05, 3.63) is 59.9 Å². The number of piperazine rings is 1. The molecule has 1 saturated heterocycles. The van der Waals surface area contributed by atoms with Crippen molar-refractivity contribution in [1.29, 1.82) is 0 Å². The number of aromatic nitrogens is 3. The van der Waals surface area contributed by atoms with E-state index in [1.807, 2.05) is 24.3 Å². The summed E-state index contributed by atoms with van der Waals surface area (Å²) in [6, 6.07) is 11.5. The number of primary amides is 1. The fourth-order valence-corrected chi connectivity index (χ4v) is 7.39. The Hall–Kier alpha value is -6.78. The van der Waals surface area contributed by atoms with Gasteiger partial charge in [0.25, 0.3) is 0 Å². The second kappa shape index (κ2) is 25.1. The minimum absolute atomic E-state index is 0.0320. The van der Waals surface area contributed by atoms with Crippen molar-refractivity contribution in [3.8, 4) is 0 Å². The monoisotopic (exact) mass is 917 g/mol. The summed E-state index contributed by atoms with van der Waals surface area (Å²) in [5.74, 6) is 4.26. The maximum atomic E-state index is 13.4. The summed E-state index contributed by atoms with van der Waals surface area (Å²) in [5, 5.41) is 14.3. The molecule has 3 heterocycles. The van der Waals surface area contributed by atoms with Gasteiger partial charge >= 0.3 is 18.2 Å². The van der Waals surface area contributed by atoms with E-state index in [2.05, 4.69) is 47.9 Å².